The van der Waals surface area contributed by atoms with Gasteiger partial charge in [-0.2, -0.15) is 5.11 Å². The minimum absolute atomic E-state index is 0.101. The van der Waals surface area contributed by atoms with Crippen LogP contribution in [0.4, 0.5) is 17.1 Å². The molecule has 0 atom stereocenters. The van der Waals surface area contributed by atoms with Gasteiger partial charge < -0.3 is 4.74 Å². The predicted molar refractivity (Wildman–Crippen MR) is 149 cm³/mol. The van der Waals surface area contributed by atoms with Gasteiger partial charge in [0.05, 0.1) is 10.6 Å². The van der Waals surface area contributed by atoms with E-state index >= 15 is 0 Å². The summed E-state index contributed by atoms with van der Waals surface area (Å²) in [6.07, 6.45) is 19.8. The third-order valence-electron chi connectivity index (χ3n) is 6.40. The third-order valence-corrected chi connectivity index (χ3v) is 6.40. The summed E-state index contributed by atoms with van der Waals surface area (Å²) in [5.74, 6) is 0.222. The lowest BCUT2D eigenvalue weighted by molar-refractivity contribution is -0.384. The molecule has 7 heteroatoms. The molecule has 7 nitrogen and oxygen atoms in total. The molecule has 2 aromatic carbocycles. The highest BCUT2D eigenvalue weighted by molar-refractivity contribution is 5.72. The average molecular weight is 510 g/mol. The number of carbonyl (C=O) groups excluding carboxylic acids is 1. The number of benzene rings is 2. The SMILES string of the molecule is CCCCCCCCCCCCCCCCCC(=O)Oc1ccc(N=Nc2ccccc2[N+](=O)[O-])cc1. The van der Waals surface area contributed by atoms with Crippen LogP contribution in [0.2, 0.25) is 0 Å². The number of esters is 1. The molecule has 0 amide bonds. The van der Waals surface area contributed by atoms with Gasteiger partial charge in [-0.25, -0.2) is 0 Å². The quantitative estimate of drug-likeness (QED) is 0.0443. The van der Waals surface area contributed by atoms with Crippen molar-refractivity contribution in [3.63, 3.8) is 0 Å². The lowest BCUT2D eigenvalue weighted by Gasteiger charge is -2.05. The zero-order valence-corrected chi connectivity index (χ0v) is 22.4. The maximum Gasteiger partial charge on any atom is 0.311 e. The van der Waals surface area contributed by atoms with Crippen LogP contribution in [0.25, 0.3) is 0 Å². The highest BCUT2D eigenvalue weighted by Gasteiger charge is 2.11. The van der Waals surface area contributed by atoms with Gasteiger partial charge in [-0.3, -0.25) is 14.9 Å². The molecule has 0 N–H and O–H groups in total. The molecule has 37 heavy (non-hydrogen) atoms. The fourth-order valence-electron chi connectivity index (χ4n) is 4.22. The second kappa shape index (κ2) is 19.1. The number of unbranched alkanes of at least 4 members (excludes halogenated alkanes) is 14. The number of hydrogen-bond acceptors (Lipinski definition) is 6. The summed E-state index contributed by atoms with van der Waals surface area (Å²) >= 11 is 0. The van der Waals surface area contributed by atoms with Crippen molar-refractivity contribution in [1.29, 1.82) is 0 Å². The molecular weight excluding hydrogens is 466 g/mol. The van der Waals surface area contributed by atoms with Gasteiger partial charge in [0.1, 0.15) is 5.75 Å². The Kier molecular flexibility index (Phi) is 15.5. The minimum Gasteiger partial charge on any atom is -0.427 e. The van der Waals surface area contributed by atoms with Gasteiger partial charge in [0, 0.05) is 12.5 Å². The molecule has 2 rings (SSSR count). The molecule has 0 radical (unpaired) electrons. The van der Waals surface area contributed by atoms with Crippen molar-refractivity contribution in [3.8, 4) is 5.75 Å². The molecule has 0 aliphatic heterocycles. The number of para-hydroxylation sites is 1. The number of nitrogens with zero attached hydrogens (tertiary/aromatic N) is 3. The van der Waals surface area contributed by atoms with E-state index in [2.05, 4.69) is 17.2 Å². The molecule has 0 unspecified atom stereocenters. The number of ether oxygens (including phenoxy) is 1. The van der Waals surface area contributed by atoms with Gasteiger partial charge in [-0.05, 0) is 36.8 Å². The van der Waals surface area contributed by atoms with Gasteiger partial charge in [0.15, 0.2) is 5.69 Å². The Morgan fingerprint density at radius 3 is 1.78 bits per heavy atom. The summed E-state index contributed by atoms with van der Waals surface area (Å²) < 4.78 is 5.40. The second-order valence-corrected chi connectivity index (χ2v) is 9.61. The fourth-order valence-corrected chi connectivity index (χ4v) is 4.22. The van der Waals surface area contributed by atoms with Gasteiger partial charge in [0.2, 0.25) is 0 Å². The smallest absolute Gasteiger partial charge is 0.311 e. The summed E-state index contributed by atoms with van der Waals surface area (Å²) in [6, 6.07) is 12.8. The van der Waals surface area contributed by atoms with Crippen LogP contribution in [-0.2, 0) is 4.79 Å². The monoisotopic (exact) mass is 509 g/mol. The Balaban J connectivity index is 1.51. The van der Waals surface area contributed by atoms with Crippen molar-refractivity contribution in [3.05, 3.63) is 58.6 Å². The Bertz CT molecular complexity index is 944. The molecule has 0 heterocycles. The average Bonchev–Trinajstić information content (AvgIpc) is 2.90. The van der Waals surface area contributed by atoms with Gasteiger partial charge >= 0.3 is 5.97 Å². The second-order valence-electron chi connectivity index (χ2n) is 9.61. The van der Waals surface area contributed by atoms with Crippen molar-refractivity contribution in [2.24, 2.45) is 10.2 Å². The third kappa shape index (κ3) is 13.7. The van der Waals surface area contributed by atoms with Crippen LogP contribution in [-0.4, -0.2) is 10.9 Å². The number of azo groups is 1. The summed E-state index contributed by atoms with van der Waals surface area (Å²) in [5, 5.41) is 19.1. The van der Waals surface area contributed by atoms with Gasteiger partial charge in [0.25, 0.3) is 5.69 Å². The van der Waals surface area contributed by atoms with Crippen LogP contribution < -0.4 is 4.74 Å². The van der Waals surface area contributed by atoms with Gasteiger partial charge in [-0.15, -0.1) is 5.11 Å². The molecule has 0 spiro atoms. The van der Waals surface area contributed by atoms with Crippen LogP contribution >= 0.6 is 0 Å². The first-order chi connectivity index (χ1) is 18.1. The van der Waals surface area contributed by atoms with E-state index in [9.17, 15) is 14.9 Å². The predicted octanol–water partition coefficient (Wildman–Crippen LogP) is 10.2. The Labute approximate surface area is 221 Å². The first kappa shape index (κ1) is 30.1. The van der Waals surface area contributed by atoms with Crippen LogP contribution in [0.3, 0.4) is 0 Å². The van der Waals surface area contributed by atoms with Crippen LogP contribution in [0.5, 0.6) is 5.75 Å². The van der Waals surface area contributed by atoms with Crippen LogP contribution in [0.15, 0.2) is 58.8 Å². The molecule has 0 saturated heterocycles. The van der Waals surface area contributed by atoms with Crippen molar-refractivity contribution in [2.45, 2.75) is 110 Å². The van der Waals surface area contributed by atoms with Gasteiger partial charge in [-0.1, -0.05) is 109 Å². The molecule has 0 aromatic heterocycles. The van der Waals surface area contributed by atoms with E-state index in [1.54, 1.807) is 36.4 Å². The number of carbonyl (C=O) groups is 1. The van der Waals surface area contributed by atoms with Crippen molar-refractivity contribution < 1.29 is 14.5 Å². The molecule has 0 aliphatic carbocycles. The molecule has 0 saturated carbocycles. The van der Waals surface area contributed by atoms with E-state index in [1.165, 1.54) is 95.6 Å². The Morgan fingerprint density at radius 2 is 1.24 bits per heavy atom. The van der Waals surface area contributed by atoms with Crippen LogP contribution in [0, 0.1) is 10.1 Å². The van der Waals surface area contributed by atoms with Crippen molar-refractivity contribution >= 4 is 23.0 Å². The van der Waals surface area contributed by atoms with E-state index in [1.807, 2.05) is 0 Å². The first-order valence-corrected chi connectivity index (χ1v) is 14.1. The number of nitro groups is 1. The molecule has 2 aromatic rings. The van der Waals surface area contributed by atoms with Crippen molar-refractivity contribution in [2.75, 3.05) is 0 Å². The fraction of sp³-hybridized carbons (Fsp3) is 0.567. The number of hydrogen-bond donors (Lipinski definition) is 0. The normalized spacial score (nSPS) is 11.2. The van der Waals surface area contributed by atoms with E-state index in [-0.39, 0.29) is 17.3 Å². The zero-order chi connectivity index (χ0) is 26.6. The van der Waals surface area contributed by atoms with E-state index in [0.717, 1.165) is 12.8 Å². The highest BCUT2D eigenvalue weighted by atomic mass is 16.6. The van der Waals surface area contributed by atoms with E-state index in [4.69, 9.17) is 4.74 Å². The molecule has 0 bridgehead atoms. The van der Waals surface area contributed by atoms with E-state index in [0.29, 0.717) is 17.9 Å². The topological polar surface area (TPSA) is 94.2 Å². The highest BCUT2D eigenvalue weighted by Crippen LogP contribution is 2.28. The number of nitro benzene ring substituents is 1. The van der Waals surface area contributed by atoms with E-state index < -0.39 is 4.92 Å². The van der Waals surface area contributed by atoms with Crippen molar-refractivity contribution in [1.82, 2.24) is 0 Å². The Morgan fingerprint density at radius 1 is 0.730 bits per heavy atom. The largest absolute Gasteiger partial charge is 0.427 e. The molecule has 202 valence electrons. The maximum atomic E-state index is 12.1. The van der Waals surface area contributed by atoms with Crippen LogP contribution in [0.1, 0.15) is 110 Å². The maximum absolute atomic E-state index is 12.1. The lowest BCUT2D eigenvalue weighted by atomic mass is 10.0. The summed E-state index contributed by atoms with van der Waals surface area (Å²) in [6.45, 7) is 2.26. The summed E-state index contributed by atoms with van der Waals surface area (Å²) in [7, 11) is 0. The minimum atomic E-state index is -0.490. The summed E-state index contributed by atoms with van der Waals surface area (Å²) in [5.41, 5.74) is 0.600. The molecule has 0 aliphatic rings. The first-order valence-electron chi connectivity index (χ1n) is 14.1. The molecular formula is C30H43N3O4. The summed E-state index contributed by atoms with van der Waals surface area (Å²) in [4.78, 5) is 22.7. The zero-order valence-electron chi connectivity index (χ0n) is 22.4. The lowest BCUT2D eigenvalue weighted by Crippen LogP contribution is -2.07. The molecule has 0 fully saturated rings. The standard InChI is InChI=1S/C30H43N3O4/c1-2-3-4-5-6-7-8-9-10-11-12-13-14-15-16-21-30(34)37-27-24-22-26(23-25-27)31-32-28-19-17-18-20-29(28)33(35)36/h17-20,22-25H,2-16,21H2,1H3. The Hall–Kier alpha value is -3.09. The number of rotatable bonds is 20.